The largest absolute Gasteiger partial charge is 0.369 e. The van der Waals surface area contributed by atoms with Crippen molar-refractivity contribution < 1.29 is 9.59 Å². The minimum Gasteiger partial charge on any atom is -0.369 e. The topological polar surface area (TPSA) is 49.4 Å². The van der Waals surface area contributed by atoms with Crippen molar-refractivity contribution in [3.8, 4) is 0 Å². The van der Waals surface area contributed by atoms with Crippen LogP contribution in [0.15, 0.2) is 18.2 Å². The normalized spacial score (nSPS) is 14.0. The number of carbonyl (C=O) groups excluding carboxylic acids is 2. The Bertz CT molecular complexity index is 521. The Morgan fingerprint density at radius 2 is 1.84 bits per heavy atom. The molecule has 0 bridgehead atoms. The average molecular weight is 260 g/mol. The van der Waals surface area contributed by atoms with E-state index in [4.69, 9.17) is 0 Å². The van der Waals surface area contributed by atoms with Crippen LogP contribution in [0, 0.1) is 5.92 Å². The third kappa shape index (κ3) is 2.62. The Kier molecular flexibility index (Phi) is 3.60. The smallest absolute Gasteiger partial charge is 0.296 e. The summed E-state index contributed by atoms with van der Waals surface area (Å²) in [6, 6.07) is 5.91. The Morgan fingerprint density at radius 3 is 2.42 bits per heavy atom. The van der Waals surface area contributed by atoms with Gasteiger partial charge in [-0.1, -0.05) is 13.8 Å². The Balaban J connectivity index is 2.34. The molecule has 2 rings (SSSR count). The quantitative estimate of drug-likeness (QED) is 0.847. The number of nitrogens with one attached hydrogen (secondary N) is 1. The molecule has 1 heterocycles. The van der Waals surface area contributed by atoms with Crippen molar-refractivity contribution in [1.82, 2.24) is 0 Å². The van der Waals surface area contributed by atoms with E-state index in [-0.39, 0.29) is 0 Å². The zero-order valence-electron chi connectivity index (χ0n) is 11.9. The van der Waals surface area contributed by atoms with E-state index in [0.29, 0.717) is 23.2 Å². The number of benzene rings is 1. The first kappa shape index (κ1) is 13.6. The van der Waals surface area contributed by atoms with E-state index in [0.717, 1.165) is 12.2 Å². The van der Waals surface area contributed by atoms with E-state index in [2.05, 4.69) is 37.9 Å². The highest BCUT2D eigenvalue weighted by Gasteiger charge is 2.28. The molecule has 1 aliphatic heterocycles. The second-order valence-corrected chi connectivity index (χ2v) is 5.65. The summed E-state index contributed by atoms with van der Waals surface area (Å²) in [4.78, 5) is 25.2. The molecule has 4 heteroatoms. The standard InChI is InChI=1S/C15H20N2O2/c1-9(2)8-17(10(3)4)11-5-6-12-13(7-11)16-15(19)14(12)18/h5-7,9-10H,8H2,1-4H3,(H,16,18,19). The average Bonchev–Trinajstić information content (AvgIpc) is 2.61. The lowest BCUT2D eigenvalue weighted by Crippen LogP contribution is -2.34. The zero-order valence-corrected chi connectivity index (χ0v) is 11.9. The number of hydrogen-bond acceptors (Lipinski definition) is 3. The molecule has 0 aromatic heterocycles. The molecule has 0 fully saturated rings. The van der Waals surface area contributed by atoms with Gasteiger partial charge in [0.25, 0.3) is 11.7 Å². The van der Waals surface area contributed by atoms with Crippen molar-refractivity contribution in [3.63, 3.8) is 0 Å². The van der Waals surface area contributed by atoms with Gasteiger partial charge < -0.3 is 10.2 Å². The highest BCUT2D eigenvalue weighted by atomic mass is 16.2. The molecule has 1 N–H and O–H groups in total. The minimum absolute atomic E-state index is 0.369. The van der Waals surface area contributed by atoms with Gasteiger partial charge in [0, 0.05) is 18.3 Å². The SMILES string of the molecule is CC(C)CN(c1ccc2c(c1)NC(=O)C2=O)C(C)C. The van der Waals surface area contributed by atoms with Gasteiger partial charge in [0.2, 0.25) is 0 Å². The van der Waals surface area contributed by atoms with Crippen LogP contribution in [0.4, 0.5) is 11.4 Å². The molecule has 0 aliphatic carbocycles. The fourth-order valence-electron chi connectivity index (χ4n) is 2.32. The van der Waals surface area contributed by atoms with Crippen LogP contribution in [-0.2, 0) is 4.79 Å². The maximum absolute atomic E-state index is 11.6. The fourth-order valence-corrected chi connectivity index (χ4v) is 2.32. The van der Waals surface area contributed by atoms with Crippen molar-refractivity contribution in [3.05, 3.63) is 23.8 Å². The van der Waals surface area contributed by atoms with E-state index in [9.17, 15) is 9.59 Å². The number of carbonyl (C=O) groups is 2. The van der Waals surface area contributed by atoms with Gasteiger partial charge in [-0.25, -0.2) is 0 Å². The molecule has 0 spiro atoms. The van der Waals surface area contributed by atoms with E-state index >= 15 is 0 Å². The summed E-state index contributed by atoms with van der Waals surface area (Å²) < 4.78 is 0. The number of amides is 1. The number of fused-ring (bicyclic) bond motifs is 1. The Hall–Kier alpha value is -1.84. The lowest BCUT2D eigenvalue weighted by Gasteiger charge is -2.31. The van der Waals surface area contributed by atoms with Gasteiger partial charge in [0.05, 0.1) is 11.3 Å². The summed E-state index contributed by atoms with van der Waals surface area (Å²) in [6.45, 7) is 9.57. The van der Waals surface area contributed by atoms with Crippen LogP contribution in [-0.4, -0.2) is 24.3 Å². The molecule has 102 valence electrons. The van der Waals surface area contributed by atoms with Gasteiger partial charge in [-0.15, -0.1) is 0 Å². The van der Waals surface area contributed by atoms with Crippen LogP contribution in [0.2, 0.25) is 0 Å². The number of ketones is 1. The molecule has 1 amide bonds. The first-order valence-corrected chi connectivity index (χ1v) is 6.66. The molecule has 0 unspecified atom stereocenters. The van der Waals surface area contributed by atoms with E-state index in [1.165, 1.54) is 0 Å². The highest BCUT2D eigenvalue weighted by Crippen LogP contribution is 2.29. The van der Waals surface area contributed by atoms with Crippen LogP contribution in [0.3, 0.4) is 0 Å². The molecule has 0 radical (unpaired) electrons. The van der Waals surface area contributed by atoms with Gasteiger partial charge in [-0.05, 0) is 38.0 Å². The molecule has 1 aromatic carbocycles. The van der Waals surface area contributed by atoms with Crippen molar-refractivity contribution in [1.29, 1.82) is 0 Å². The Morgan fingerprint density at radius 1 is 1.16 bits per heavy atom. The van der Waals surface area contributed by atoms with Gasteiger partial charge in [-0.2, -0.15) is 0 Å². The molecular formula is C15H20N2O2. The van der Waals surface area contributed by atoms with Gasteiger partial charge in [0.15, 0.2) is 0 Å². The van der Waals surface area contributed by atoms with Crippen LogP contribution < -0.4 is 10.2 Å². The van der Waals surface area contributed by atoms with E-state index in [1.807, 2.05) is 12.1 Å². The highest BCUT2D eigenvalue weighted by molar-refractivity contribution is 6.51. The molecule has 0 saturated carbocycles. The first-order chi connectivity index (χ1) is 8.90. The zero-order chi connectivity index (χ0) is 14.2. The molecule has 0 atom stereocenters. The second-order valence-electron chi connectivity index (χ2n) is 5.65. The van der Waals surface area contributed by atoms with Crippen molar-refractivity contribution in [2.75, 3.05) is 16.8 Å². The lowest BCUT2D eigenvalue weighted by molar-refractivity contribution is -0.112. The Labute approximate surface area is 113 Å². The predicted octanol–water partition coefficient (Wildman–Crippen LogP) is 2.69. The summed E-state index contributed by atoms with van der Waals surface area (Å²) in [5.74, 6) is -0.430. The third-order valence-corrected chi connectivity index (χ3v) is 3.22. The van der Waals surface area contributed by atoms with Gasteiger partial charge >= 0.3 is 0 Å². The maximum atomic E-state index is 11.6. The first-order valence-electron chi connectivity index (χ1n) is 6.66. The second kappa shape index (κ2) is 5.03. The maximum Gasteiger partial charge on any atom is 0.296 e. The molecule has 19 heavy (non-hydrogen) atoms. The lowest BCUT2D eigenvalue weighted by atomic mass is 10.1. The summed E-state index contributed by atoms with van der Waals surface area (Å²) in [5, 5.41) is 2.62. The predicted molar refractivity (Wildman–Crippen MR) is 76.7 cm³/mol. The molecular weight excluding hydrogens is 240 g/mol. The summed E-state index contributed by atoms with van der Waals surface area (Å²) in [6.07, 6.45) is 0. The van der Waals surface area contributed by atoms with Gasteiger partial charge in [-0.3, -0.25) is 9.59 Å². The molecule has 1 aromatic rings. The van der Waals surface area contributed by atoms with E-state index < -0.39 is 11.7 Å². The van der Waals surface area contributed by atoms with Crippen LogP contribution in [0.1, 0.15) is 38.1 Å². The number of anilines is 2. The minimum atomic E-state index is -0.535. The molecule has 1 aliphatic rings. The van der Waals surface area contributed by atoms with Gasteiger partial charge in [0.1, 0.15) is 0 Å². The summed E-state index contributed by atoms with van der Waals surface area (Å²) in [7, 11) is 0. The molecule has 4 nitrogen and oxygen atoms in total. The van der Waals surface area contributed by atoms with Crippen molar-refractivity contribution in [2.45, 2.75) is 33.7 Å². The van der Waals surface area contributed by atoms with Crippen molar-refractivity contribution in [2.24, 2.45) is 5.92 Å². The fraction of sp³-hybridized carbons (Fsp3) is 0.467. The van der Waals surface area contributed by atoms with Crippen LogP contribution in [0.25, 0.3) is 0 Å². The van der Waals surface area contributed by atoms with Crippen LogP contribution >= 0.6 is 0 Å². The van der Waals surface area contributed by atoms with E-state index in [1.54, 1.807) is 6.07 Å². The van der Waals surface area contributed by atoms with Crippen LogP contribution in [0.5, 0.6) is 0 Å². The van der Waals surface area contributed by atoms with Crippen molar-refractivity contribution >= 4 is 23.1 Å². The summed E-state index contributed by atoms with van der Waals surface area (Å²) in [5.41, 5.74) is 2.14. The summed E-state index contributed by atoms with van der Waals surface area (Å²) >= 11 is 0. The number of hydrogen-bond donors (Lipinski definition) is 1. The number of rotatable bonds is 4. The number of Topliss-reactive ketones (excluding diaryl/α,β-unsaturated/α-hetero) is 1. The monoisotopic (exact) mass is 260 g/mol. The molecule has 0 saturated heterocycles. The third-order valence-electron chi connectivity index (χ3n) is 3.22. The number of nitrogens with zero attached hydrogens (tertiary/aromatic N) is 1.